The number of nitrogens with two attached hydrogens (primary N) is 1. The van der Waals surface area contributed by atoms with Crippen LogP contribution in [0.1, 0.15) is 26.1 Å². The number of nitrogens with zero attached hydrogens (tertiary/aromatic N) is 2. The van der Waals surface area contributed by atoms with Crippen LogP contribution >= 0.6 is 23.3 Å². The van der Waals surface area contributed by atoms with Crippen molar-refractivity contribution in [3.63, 3.8) is 0 Å². The second-order valence-electron chi connectivity index (χ2n) is 4.02. The maximum Gasteiger partial charge on any atom is 0.174 e. The maximum atomic E-state index is 5.89. The largest absolute Gasteiger partial charge is 0.493 e. The highest BCUT2D eigenvalue weighted by Gasteiger charge is 2.07. The van der Waals surface area contributed by atoms with Gasteiger partial charge in [0.25, 0.3) is 0 Å². The minimum Gasteiger partial charge on any atom is -0.493 e. The molecule has 2 aromatic rings. The van der Waals surface area contributed by atoms with Gasteiger partial charge in [-0.1, -0.05) is 25.6 Å². The van der Waals surface area contributed by atoms with E-state index in [4.69, 9.17) is 10.5 Å². The number of ether oxygens (including phenoxy) is 1. The van der Waals surface area contributed by atoms with Crippen LogP contribution in [0.25, 0.3) is 0 Å². The summed E-state index contributed by atoms with van der Waals surface area (Å²) >= 11 is 2.99. The van der Waals surface area contributed by atoms with Crippen molar-refractivity contribution in [2.75, 3.05) is 12.3 Å². The van der Waals surface area contributed by atoms with Gasteiger partial charge in [-0.15, -0.1) is 0 Å². The zero-order chi connectivity index (χ0) is 13.7. The first-order chi connectivity index (χ1) is 9.21. The van der Waals surface area contributed by atoms with Gasteiger partial charge in [0.15, 0.2) is 4.34 Å². The molecular weight excluding hydrogens is 278 g/mol. The molecule has 0 saturated carbocycles. The molecule has 0 aliphatic rings. The van der Waals surface area contributed by atoms with Crippen molar-refractivity contribution in [2.24, 2.45) is 0 Å². The molecule has 19 heavy (non-hydrogen) atoms. The van der Waals surface area contributed by atoms with Gasteiger partial charge in [0.2, 0.25) is 0 Å². The van der Waals surface area contributed by atoms with Crippen molar-refractivity contribution in [1.82, 2.24) is 9.36 Å². The van der Waals surface area contributed by atoms with Crippen molar-refractivity contribution in [2.45, 2.75) is 35.9 Å². The summed E-state index contributed by atoms with van der Waals surface area (Å²) in [4.78, 5) is 5.47. The number of hydrogen-bond donors (Lipinski definition) is 1. The van der Waals surface area contributed by atoms with Crippen LogP contribution in [0, 0.1) is 0 Å². The van der Waals surface area contributed by atoms with E-state index in [1.54, 1.807) is 11.8 Å². The van der Waals surface area contributed by atoms with Crippen LogP contribution in [-0.2, 0) is 6.42 Å². The minimum absolute atomic E-state index is 0.701. The van der Waals surface area contributed by atoms with Gasteiger partial charge in [0.1, 0.15) is 11.6 Å². The number of benzene rings is 1. The van der Waals surface area contributed by atoms with E-state index < -0.39 is 0 Å². The molecular formula is C13H17N3OS2. The lowest BCUT2D eigenvalue weighted by atomic mass is 10.3. The maximum absolute atomic E-state index is 5.89. The molecule has 0 saturated heterocycles. The summed E-state index contributed by atoms with van der Waals surface area (Å²) in [6.45, 7) is 4.83. The molecule has 0 bridgehead atoms. The highest BCUT2D eigenvalue weighted by molar-refractivity contribution is 8.01. The summed E-state index contributed by atoms with van der Waals surface area (Å²) in [7, 11) is 0. The first-order valence-corrected chi connectivity index (χ1v) is 7.84. The van der Waals surface area contributed by atoms with E-state index in [2.05, 4.69) is 16.3 Å². The van der Waals surface area contributed by atoms with E-state index in [9.17, 15) is 0 Å². The number of hydrogen-bond acceptors (Lipinski definition) is 6. The first-order valence-electron chi connectivity index (χ1n) is 6.25. The summed E-state index contributed by atoms with van der Waals surface area (Å²) < 4.78 is 10.8. The zero-order valence-corrected chi connectivity index (χ0v) is 12.7. The van der Waals surface area contributed by atoms with Crippen LogP contribution in [0.5, 0.6) is 5.75 Å². The van der Waals surface area contributed by atoms with Gasteiger partial charge in [0, 0.05) is 23.1 Å². The molecule has 0 fully saturated rings. The molecule has 0 aliphatic carbocycles. The Kier molecular flexibility index (Phi) is 5.04. The molecule has 0 radical (unpaired) electrons. The Balaban J connectivity index is 2.12. The third-order valence-electron chi connectivity index (χ3n) is 2.35. The predicted octanol–water partition coefficient (Wildman–Crippen LogP) is 3.62. The highest BCUT2D eigenvalue weighted by Crippen LogP contribution is 2.33. The Morgan fingerprint density at radius 2 is 2.16 bits per heavy atom. The van der Waals surface area contributed by atoms with Gasteiger partial charge >= 0.3 is 0 Å². The van der Waals surface area contributed by atoms with Crippen LogP contribution in [-0.4, -0.2) is 16.0 Å². The lowest BCUT2D eigenvalue weighted by Gasteiger charge is -2.07. The monoisotopic (exact) mass is 295 g/mol. The molecule has 0 unspecified atom stereocenters. The van der Waals surface area contributed by atoms with E-state index in [1.165, 1.54) is 11.5 Å². The smallest absolute Gasteiger partial charge is 0.174 e. The molecule has 0 spiro atoms. The Labute approximate surface area is 121 Å². The highest BCUT2D eigenvalue weighted by atomic mass is 32.2. The third-order valence-corrected chi connectivity index (χ3v) is 4.11. The van der Waals surface area contributed by atoms with Crippen LogP contribution in [0.15, 0.2) is 27.4 Å². The van der Waals surface area contributed by atoms with Gasteiger partial charge in [0.05, 0.1) is 6.61 Å². The molecule has 1 heterocycles. The topological polar surface area (TPSA) is 61.0 Å². The summed E-state index contributed by atoms with van der Waals surface area (Å²) in [6, 6.07) is 5.76. The molecule has 4 nitrogen and oxygen atoms in total. The Morgan fingerprint density at radius 3 is 2.84 bits per heavy atom. The van der Waals surface area contributed by atoms with E-state index in [0.29, 0.717) is 12.3 Å². The fourth-order valence-corrected chi connectivity index (χ4v) is 3.25. The second-order valence-corrected chi connectivity index (χ2v) is 6.09. The number of anilines is 1. The van der Waals surface area contributed by atoms with Crippen molar-refractivity contribution < 1.29 is 4.74 Å². The number of nitrogen functional groups attached to an aromatic ring is 1. The molecule has 1 aromatic heterocycles. The normalized spacial score (nSPS) is 10.6. The van der Waals surface area contributed by atoms with Crippen LogP contribution < -0.4 is 10.5 Å². The van der Waals surface area contributed by atoms with Crippen molar-refractivity contribution in [3.05, 3.63) is 24.0 Å². The third kappa shape index (κ3) is 4.11. The Bertz CT molecular complexity index is 542. The van der Waals surface area contributed by atoms with Crippen molar-refractivity contribution in [3.8, 4) is 5.75 Å². The molecule has 0 aliphatic heterocycles. The number of aryl methyl sites for hydroxylation is 1. The van der Waals surface area contributed by atoms with Gasteiger partial charge in [-0.3, -0.25) is 0 Å². The molecule has 1 aromatic carbocycles. The zero-order valence-electron chi connectivity index (χ0n) is 11.0. The minimum atomic E-state index is 0.701. The predicted molar refractivity (Wildman–Crippen MR) is 80.1 cm³/mol. The van der Waals surface area contributed by atoms with Crippen molar-refractivity contribution >= 4 is 29.0 Å². The Morgan fingerprint density at radius 1 is 1.32 bits per heavy atom. The number of rotatable bonds is 6. The van der Waals surface area contributed by atoms with Crippen molar-refractivity contribution in [1.29, 1.82) is 0 Å². The molecule has 2 rings (SSSR count). The van der Waals surface area contributed by atoms with E-state index >= 15 is 0 Å². The molecule has 6 heteroatoms. The SMILES string of the molecule is CCCOc1cc(N)cc(Sc2nc(CC)ns2)c1. The molecule has 102 valence electrons. The molecule has 0 atom stereocenters. The van der Waals surface area contributed by atoms with Crippen LogP contribution in [0.4, 0.5) is 5.69 Å². The quantitative estimate of drug-likeness (QED) is 0.825. The summed E-state index contributed by atoms with van der Waals surface area (Å²) in [6.07, 6.45) is 1.84. The van der Waals surface area contributed by atoms with Gasteiger partial charge < -0.3 is 10.5 Å². The van der Waals surface area contributed by atoms with Gasteiger partial charge in [-0.05, 0) is 30.1 Å². The molecule has 2 N–H and O–H groups in total. The fourth-order valence-electron chi connectivity index (χ4n) is 1.48. The molecule has 0 amide bonds. The van der Waals surface area contributed by atoms with Crippen LogP contribution in [0.3, 0.4) is 0 Å². The van der Waals surface area contributed by atoms with Gasteiger partial charge in [-0.2, -0.15) is 4.37 Å². The Hall–Kier alpha value is -1.27. The lowest BCUT2D eigenvalue weighted by molar-refractivity contribution is 0.317. The average Bonchev–Trinajstić information content (AvgIpc) is 2.83. The summed E-state index contributed by atoms with van der Waals surface area (Å²) in [5.74, 6) is 1.70. The summed E-state index contributed by atoms with van der Waals surface area (Å²) in [5, 5.41) is 0. The first kappa shape index (κ1) is 14.1. The summed E-state index contributed by atoms with van der Waals surface area (Å²) in [5.41, 5.74) is 6.60. The standard InChI is InChI=1S/C13H17N3OS2/c1-3-5-17-10-6-9(14)7-11(8-10)18-13-15-12(4-2)16-19-13/h6-8H,3-5,14H2,1-2H3. The lowest BCUT2D eigenvalue weighted by Crippen LogP contribution is -1.96. The van der Waals surface area contributed by atoms with Crippen LogP contribution in [0.2, 0.25) is 0 Å². The second kappa shape index (κ2) is 6.77. The van der Waals surface area contributed by atoms with E-state index in [0.717, 1.165) is 33.7 Å². The number of aromatic nitrogens is 2. The van der Waals surface area contributed by atoms with E-state index in [1.807, 2.05) is 25.1 Å². The van der Waals surface area contributed by atoms with E-state index in [-0.39, 0.29) is 0 Å². The van der Waals surface area contributed by atoms with Gasteiger partial charge in [-0.25, -0.2) is 4.98 Å². The average molecular weight is 295 g/mol. The fraction of sp³-hybridized carbons (Fsp3) is 0.385.